The Hall–Kier alpha value is -2.82. The van der Waals surface area contributed by atoms with Gasteiger partial charge < -0.3 is 10.2 Å². The Morgan fingerprint density at radius 3 is 2.04 bits per heavy atom. The molecule has 1 aliphatic rings. The Bertz CT molecular complexity index is 870. The van der Waals surface area contributed by atoms with Crippen LogP contribution in [0.1, 0.15) is 5.56 Å². The Kier molecular flexibility index (Phi) is 7.61. The van der Waals surface area contributed by atoms with Crippen LogP contribution in [-0.4, -0.2) is 70.9 Å². The summed E-state index contributed by atoms with van der Waals surface area (Å²) in [6.07, 6.45) is 3.61. The summed E-state index contributed by atoms with van der Waals surface area (Å²) in [5.74, 6) is -3.65. The summed E-state index contributed by atoms with van der Waals surface area (Å²) in [4.78, 5) is 24.9. The molecule has 0 aliphatic carbocycles. The number of pyridine rings is 1. The van der Waals surface area contributed by atoms with Gasteiger partial charge in [-0.2, -0.15) is 4.31 Å². The van der Waals surface area contributed by atoms with E-state index in [-0.39, 0.29) is 0 Å². The van der Waals surface area contributed by atoms with E-state index in [0.717, 1.165) is 25.2 Å². The number of benzene rings is 1. The minimum Gasteiger partial charge on any atom is -0.473 e. The van der Waals surface area contributed by atoms with Crippen molar-refractivity contribution in [3.63, 3.8) is 0 Å². The molecule has 0 unspecified atom stereocenters. The van der Waals surface area contributed by atoms with Crippen LogP contribution in [0, 0.1) is 0 Å². The molecule has 0 radical (unpaired) electrons. The van der Waals surface area contributed by atoms with E-state index >= 15 is 0 Å². The third kappa shape index (κ3) is 6.12. The average Bonchev–Trinajstić information content (AvgIpc) is 2.70. The van der Waals surface area contributed by atoms with Gasteiger partial charge in [0.2, 0.25) is 10.0 Å². The summed E-state index contributed by atoms with van der Waals surface area (Å²) in [6.45, 7) is 3.34. The Balaban J connectivity index is 0.000000409. The van der Waals surface area contributed by atoms with Crippen LogP contribution in [0.15, 0.2) is 59.8 Å². The van der Waals surface area contributed by atoms with Crippen molar-refractivity contribution in [2.45, 2.75) is 11.4 Å². The van der Waals surface area contributed by atoms with E-state index in [1.165, 1.54) is 0 Å². The van der Waals surface area contributed by atoms with Crippen molar-refractivity contribution in [3.05, 3.63) is 60.4 Å². The molecule has 9 nitrogen and oxygen atoms in total. The van der Waals surface area contributed by atoms with Crippen molar-refractivity contribution in [2.24, 2.45) is 0 Å². The van der Waals surface area contributed by atoms with Crippen molar-refractivity contribution in [1.82, 2.24) is 14.2 Å². The van der Waals surface area contributed by atoms with Gasteiger partial charge in [-0.05, 0) is 23.8 Å². The number of carboxylic acid groups (broad SMARTS) is 2. The smallest absolute Gasteiger partial charge is 0.414 e. The van der Waals surface area contributed by atoms with Crippen LogP contribution >= 0.6 is 0 Å². The highest BCUT2D eigenvalue weighted by Crippen LogP contribution is 2.17. The molecule has 28 heavy (non-hydrogen) atoms. The minimum atomic E-state index is -3.36. The second-order valence-corrected chi connectivity index (χ2v) is 7.90. The van der Waals surface area contributed by atoms with Crippen molar-refractivity contribution < 1.29 is 28.2 Å². The molecule has 10 heteroatoms. The van der Waals surface area contributed by atoms with Crippen LogP contribution in [0.3, 0.4) is 0 Å². The van der Waals surface area contributed by atoms with Crippen molar-refractivity contribution in [1.29, 1.82) is 0 Å². The molecule has 1 aromatic carbocycles. The largest absolute Gasteiger partial charge is 0.473 e. The van der Waals surface area contributed by atoms with E-state index < -0.39 is 22.0 Å². The maximum Gasteiger partial charge on any atom is 0.414 e. The van der Waals surface area contributed by atoms with Crippen LogP contribution in [0.25, 0.3) is 0 Å². The van der Waals surface area contributed by atoms with Gasteiger partial charge in [-0.1, -0.05) is 24.3 Å². The van der Waals surface area contributed by atoms with Gasteiger partial charge in [-0.25, -0.2) is 18.0 Å². The molecule has 1 aliphatic heterocycles. The summed E-state index contributed by atoms with van der Waals surface area (Å²) in [5.41, 5.74) is 1.15. The topological polar surface area (TPSA) is 128 Å². The number of rotatable bonds is 4. The van der Waals surface area contributed by atoms with Gasteiger partial charge in [-0.15, -0.1) is 0 Å². The molecule has 0 spiro atoms. The first-order chi connectivity index (χ1) is 13.3. The zero-order valence-electron chi connectivity index (χ0n) is 15.0. The number of carbonyl (C=O) groups is 2. The first kappa shape index (κ1) is 21.5. The monoisotopic (exact) mass is 407 g/mol. The zero-order chi connectivity index (χ0) is 20.6. The number of aliphatic carboxylic acids is 2. The lowest BCUT2D eigenvalue weighted by atomic mass is 10.2. The van der Waals surface area contributed by atoms with Gasteiger partial charge in [0.1, 0.15) is 0 Å². The summed E-state index contributed by atoms with van der Waals surface area (Å²) < 4.78 is 26.7. The number of aromatic nitrogens is 1. The fourth-order valence-corrected chi connectivity index (χ4v) is 4.06. The lowest BCUT2D eigenvalue weighted by Gasteiger charge is -2.33. The third-order valence-electron chi connectivity index (χ3n) is 4.02. The highest BCUT2D eigenvalue weighted by atomic mass is 32.2. The quantitative estimate of drug-likeness (QED) is 0.711. The first-order valence-electron chi connectivity index (χ1n) is 8.43. The number of sulfonamides is 1. The van der Waals surface area contributed by atoms with Crippen molar-refractivity contribution >= 4 is 22.0 Å². The maximum absolute atomic E-state index is 12.5. The van der Waals surface area contributed by atoms with E-state index in [4.69, 9.17) is 19.8 Å². The van der Waals surface area contributed by atoms with E-state index in [2.05, 4.69) is 9.88 Å². The molecule has 1 fully saturated rings. The number of nitrogens with zero attached hydrogens (tertiary/aromatic N) is 3. The van der Waals surface area contributed by atoms with Crippen molar-refractivity contribution in [2.75, 3.05) is 26.2 Å². The summed E-state index contributed by atoms with van der Waals surface area (Å²) in [5, 5.41) is 14.8. The summed E-state index contributed by atoms with van der Waals surface area (Å²) >= 11 is 0. The summed E-state index contributed by atoms with van der Waals surface area (Å²) in [6, 6.07) is 12.6. The van der Waals surface area contributed by atoms with Gasteiger partial charge in [0.25, 0.3) is 0 Å². The van der Waals surface area contributed by atoms with Crippen LogP contribution in [0.5, 0.6) is 0 Å². The van der Waals surface area contributed by atoms with Crippen LogP contribution < -0.4 is 0 Å². The molecule has 3 rings (SSSR count). The molecule has 0 amide bonds. The number of piperazine rings is 1. The van der Waals surface area contributed by atoms with Gasteiger partial charge in [0.05, 0.1) is 4.90 Å². The van der Waals surface area contributed by atoms with Crippen LogP contribution in [-0.2, 0) is 26.2 Å². The molecule has 0 atom stereocenters. The lowest BCUT2D eigenvalue weighted by Crippen LogP contribution is -2.48. The highest BCUT2D eigenvalue weighted by Gasteiger charge is 2.28. The fourth-order valence-electron chi connectivity index (χ4n) is 2.62. The molecule has 0 saturated carbocycles. The first-order valence-corrected chi connectivity index (χ1v) is 9.87. The van der Waals surface area contributed by atoms with E-state index in [9.17, 15) is 8.42 Å². The van der Waals surface area contributed by atoms with Gasteiger partial charge in [0, 0.05) is 45.1 Å². The number of hydrogen-bond acceptors (Lipinski definition) is 6. The molecule has 1 aromatic heterocycles. The van der Waals surface area contributed by atoms with Crippen LogP contribution in [0.4, 0.5) is 0 Å². The maximum atomic E-state index is 12.5. The van der Waals surface area contributed by atoms with E-state index in [0.29, 0.717) is 18.0 Å². The molecule has 150 valence electrons. The Morgan fingerprint density at radius 1 is 0.929 bits per heavy atom. The second kappa shape index (κ2) is 9.93. The molecule has 0 bridgehead atoms. The fraction of sp³-hybridized carbons (Fsp3) is 0.278. The Labute approximate surface area is 162 Å². The van der Waals surface area contributed by atoms with Gasteiger partial charge in [0.15, 0.2) is 0 Å². The summed E-state index contributed by atoms with van der Waals surface area (Å²) in [7, 11) is -3.36. The average molecular weight is 407 g/mol. The molecular formula is C18H21N3O6S. The molecule has 2 N–H and O–H groups in total. The van der Waals surface area contributed by atoms with Gasteiger partial charge >= 0.3 is 11.9 Å². The molecule has 2 heterocycles. The van der Waals surface area contributed by atoms with Crippen molar-refractivity contribution in [3.8, 4) is 0 Å². The molecular weight excluding hydrogens is 386 g/mol. The Morgan fingerprint density at radius 2 is 1.54 bits per heavy atom. The predicted octanol–water partition coefficient (Wildman–Crippen LogP) is 0.744. The van der Waals surface area contributed by atoms with E-state index in [1.807, 2.05) is 24.4 Å². The standard InChI is InChI=1S/C16H19N3O2S.C2H2O4/c20-22(21,16-6-2-1-3-7-16)19-11-9-18(10-12-19)14-15-5-4-8-17-13-15;3-1(4)2(5)6/h1-8,13H,9-12,14H2;(H,3,4)(H,5,6). The zero-order valence-corrected chi connectivity index (χ0v) is 15.8. The number of hydrogen-bond donors (Lipinski definition) is 2. The molecule has 1 saturated heterocycles. The molecule has 2 aromatic rings. The van der Waals surface area contributed by atoms with E-state index in [1.54, 1.807) is 34.8 Å². The van der Waals surface area contributed by atoms with Crippen LogP contribution in [0.2, 0.25) is 0 Å². The third-order valence-corrected chi connectivity index (χ3v) is 5.94. The number of carboxylic acids is 2. The second-order valence-electron chi connectivity index (χ2n) is 5.96. The minimum absolute atomic E-state index is 0.371. The normalized spacial score (nSPS) is 15.3. The highest BCUT2D eigenvalue weighted by molar-refractivity contribution is 7.89. The lowest BCUT2D eigenvalue weighted by molar-refractivity contribution is -0.159. The predicted molar refractivity (Wildman–Crippen MR) is 100.0 cm³/mol. The van der Waals surface area contributed by atoms with Gasteiger partial charge in [-0.3, -0.25) is 9.88 Å². The SMILES string of the molecule is O=C(O)C(=O)O.O=S(=O)(c1ccccc1)N1CCN(Cc2cccnc2)CC1.